The highest BCUT2D eigenvalue weighted by Gasteiger charge is 2.12. The minimum atomic E-state index is 0.793. The molecule has 1 rings (SSSR count). The molecule has 11 heavy (non-hydrogen) atoms. The molecule has 1 unspecified atom stereocenters. The fourth-order valence-electron chi connectivity index (χ4n) is 1.30. The van der Waals surface area contributed by atoms with Gasteiger partial charge < -0.3 is 5.32 Å². The normalized spacial score (nSPS) is 25.9. The van der Waals surface area contributed by atoms with Crippen LogP contribution in [0.3, 0.4) is 0 Å². The molecule has 1 heterocycles. The van der Waals surface area contributed by atoms with Crippen molar-refractivity contribution in [2.24, 2.45) is 5.92 Å². The van der Waals surface area contributed by atoms with E-state index in [0.29, 0.717) is 0 Å². The van der Waals surface area contributed by atoms with Crippen LogP contribution in [0.5, 0.6) is 0 Å². The average Bonchev–Trinajstić information content (AvgIpc) is 2.03. The molecule has 0 aliphatic carbocycles. The number of rotatable bonds is 3. The van der Waals surface area contributed by atoms with E-state index in [1.54, 1.807) is 0 Å². The van der Waals surface area contributed by atoms with Gasteiger partial charge in [-0.15, -0.1) is 0 Å². The molecule has 1 atom stereocenters. The van der Waals surface area contributed by atoms with Gasteiger partial charge in [-0.2, -0.15) is 11.8 Å². The molecule has 1 fully saturated rings. The maximum absolute atomic E-state index is 3.60. The van der Waals surface area contributed by atoms with Crippen LogP contribution >= 0.6 is 11.8 Å². The van der Waals surface area contributed by atoms with Crippen LogP contribution in [0.15, 0.2) is 0 Å². The molecule has 1 nitrogen and oxygen atoms in total. The maximum atomic E-state index is 3.60. The van der Waals surface area contributed by atoms with Crippen molar-refractivity contribution in [2.45, 2.75) is 32.7 Å². The summed E-state index contributed by atoms with van der Waals surface area (Å²) in [5.41, 5.74) is 0. The van der Waals surface area contributed by atoms with Crippen LogP contribution in [-0.2, 0) is 0 Å². The Morgan fingerprint density at radius 1 is 1.55 bits per heavy atom. The molecule has 0 radical (unpaired) electrons. The quantitative estimate of drug-likeness (QED) is 0.701. The standard InChI is InChI=1S/C9H19NS/c1-8(2)6-10-9-4-3-5-11-7-9/h8-10H,3-7H2,1-2H3. The van der Waals surface area contributed by atoms with Gasteiger partial charge in [0.1, 0.15) is 0 Å². The van der Waals surface area contributed by atoms with Crippen LogP contribution in [0.2, 0.25) is 0 Å². The SMILES string of the molecule is CC(C)CNC1CCCSC1. The van der Waals surface area contributed by atoms with Crippen LogP contribution in [0.1, 0.15) is 26.7 Å². The minimum Gasteiger partial charge on any atom is -0.313 e. The summed E-state index contributed by atoms with van der Waals surface area (Å²) < 4.78 is 0. The first kappa shape index (κ1) is 9.40. The highest BCUT2D eigenvalue weighted by Crippen LogP contribution is 2.16. The number of thioether (sulfide) groups is 1. The van der Waals surface area contributed by atoms with E-state index >= 15 is 0 Å². The third-order valence-corrected chi connectivity index (χ3v) is 3.19. The summed E-state index contributed by atoms with van der Waals surface area (Å²) in [5.74, 6) is 3.49. The van der Waals surface area contributed by atoms with Gasteiger partial charge in [-0.25, -0.2) is 0 Å². The van der Waals surface area contributed by atoms with E-state index in [1.807, 2.05) is 0 Å². The van der Waals surface area contributed by atoms with E-state index in [0.717, 1.165) is 12.0 Å². The van der Waals surface area contributed by atoms with E-state index in [4.69, 9.17) is 0 Å². The van der Waals surface area contributed by atoms with Gasteiger partial charge in [0.25, 0.3) is 0 Å². The smallest absolute Gasteiger partial charge is 0.0158 e. The van der Waals surface area contributed by atoms with Gasteiger partial charge in [0, 0.05) is 11.8 Å². The highest BCUT2D eigenvalue weighted by atomic mass is 32.2. The minimum absolute atomic E-state index is 0.793. The Bertz CT molecular complexity index is 97.7. The molecule has 0 aromatic rings. The molecule has 1 N–H and O–H groups in total. The van der Waals surface area contributed by atoms with Crippen LogP contribution in [0.25, 0.3) is 0 Å². The summed E-state index contributed by atoms with van der Waals surface area (Å²) >= 11 is 2.09. The third kappa shape index (κ3) is 4.02. The summed E-state index contributed by atoms with van der Waals surface area (Å²) in [7, 11) is 0. The first-order valence-electron chi connectivity index (χ1n) is 4.60. The lowest BCUT2D eigenvalue weighted by Gasteiger charge is -2.23. The Morgan fingerprint density at radius 2 is 2.36 bits per heavy atom. The van der Waals surface area contributed by atoms with Crippen molar-refractivity contribution in [3.05, 3.63) is 0 Å². The van der Waals surface area contributed by atoms with Crippen LogP contribution in [-0.4, -0.2) is 24.1 Å². The predicted octanol–water partition coefficient (Wildman–Crippen LogP) is 2.13. The Balaban J connectivity index is 2.05. The first-order valence-corrected chi connectivity index (χ1v) is 5.75. The lowest BCUT2D eigenvalue weighted by Crippen LogP contribution is -2.35. The number of hydrogen-bond acceptors (Lipinski definition) is 2. The van der Waals surface area contributed by atoms with E-state index in [9.17, 15) is 0 Å². The molecule has 0 saturated carbocycles. The van der Waals surface area contributed by atoms with E-state index in [-0.39, 0.29) is 0 Å². The molecule has 0 amide bonds. The fraction of sp³-hybridized carbons (Fsp3) is 1.00. The lowest BCUT2D eigenvalue weighted by molar-refractivity contribution is 0.461. The zero-order valence-corrected chi connectivity index (χ0v) is 8.41. The number of hydrogen-bond donors (Lipinski definition) is 1. The molecule has 2 heteroatoms. The second-order valence-electron chi connectivity index (χ2n) is 3.72. The first-order chi connectivity index (χ1) is 5.29. The number of nitrogens with one attached hydrogen (secondary N) is 1. The summed E-state index contributed by atoms with van der Waals surface area (Å²) in [4.78, 5) is 0. The van der Waals surface area contributed by atoms with Crippen molar-refractivity contribution < 1.29 is 0 Å². The molecule has 66 valence electrons. The maximum Gasteiger partial charge on any atom is 0.0158 e. The van der Waals surface area contributed by atoms with E-state index < -0.39 is 0 Å². The van der Waals surface area contributed by atoms with Gasteiger partial charge in [0.05, 0.1) is 0 Å². The molecule has 1 saturated heterocycles. The van der Waals surface area contributed by atoms with Crippen molar-refractivity contribution in [3.63, 3.8) is 0 Å². The topological polar surface area (TPSA) is 12.0 Å². The predicted molar refractivity (Wildman–Crippen MR) is 53.2 cm³/mol. The molecule has 0 spiro atoms. The highest BCUT2D eigenvalue weighted by molar-refractivity contribution is 7.99. The zero-order chi connectivity index (χ0) is 8.10. The molecule has 1 aliphatic rings. The molecule has 0 aromatic heterocycles. The lowest BCUT2D eigenvalue weighted by atomic mass is 10.1. The van der Waals surface area contributed by atoms with Crippen LogP contribution in [0.4, 0.5) is 0 Å². The molecule has 0 bridgehead atoms. The van der Waals surface area contributed by atoms with Gasteiger partial charge in [-0.3, -0.25) is 0 Å². The average molecular weight is 173 g/mol. The summed E-state index contributed by atoms with van der Waals surface area (Å²) in [5, 5.41) is 3.60. The monoisotopic (exact) mass is 173 g/mol. The molecular formula is C9H19NS. The summed E-state index contributed by atoms with van der Waals surface area (Å²) in [6.45, 7) is 5.72. The van der Waals surface area contributed by atoms with Crippen molar-refractivity contribution >= 4 is 11.8 Å². The Kier molecular flexibility index (Phi) is 4.31. The third-order valence-electron chi connectivity index (χ3n) is 1.98. The van der Waals surface area contributed by atoms with Crippen molar-refractivity contribution in [3.8, 4) is 0 Å². The van der Waals surface area contributed by atoms with Gasteiger partial charge in [-0.05, 0) is 31.1 Å². The zero-order valence-electron chi connectivity index (χ0n) is 7.60. The Morgan fingerprint density at radius 3 is 2.91 bits per heavy atom. The Hall–Kier alpha value is 0.310. The molecule has 1 aliphatic heterocycles. The summed E-state index contributed by atoms with van der Waals surface area (Å²) in [6.07, 6.45) is 2.79. The van der Waals surface area contributed by atoms with Crippen molar-refractivity contribution in [2.75, 3.05) is 18.1 Å². The Labute approximate surface area is 74.3 Å². The van der Waals surface area contributed by atoms with Gasteiger partial charge >= 0.3 is 0 Å². The summed E-state index contributed by atoms with van der Waals surface area (Å²) in [6, 6.07) is 0.802. The second kappa shape index (κ2) is 5.04. The van der Waals surface area contributed by atoms with Gasteiger partial charge in [0.15, 0.2) is 0 Å². The fourth-order valence-corrected chi connectivity index (χ4v) is 2.41. The molecule has 0 aromatic carbocycles. The second-order valence-corrected chi connectivity index (χ2v) is 4.87. The van der Waals surface area contributed by atoms with Crippen LogP contribution < -0.4 is 5.32 Å². The largest absolute Gasteiger partial charge is 0.313 e. The van der Waals surface area contributed by atoms with Crippen LogP contribution in [0, 0.1) is 5.92 Å². The van der Waals surface area contributed by atoms with Gasteiger partial charge in [0.2, 0.25) is 0 Å². The van der Waals surface area contributed by atoms with E-state index in [2.05, 4.69) is 30.9 Å². The van der Waals surface area contributed by atoms with Crippen molar-refractivity contribution in [1.82, 2.24) is 5.32 Å². The van der Waals surface area contributed by atoms with Crippen molar-refractivity contribution in [1.29, 1.82) is 0 Å². The van der Waals surface area contributed by atoms with Gasteiger partial charge in [-0.1, -0.05) is 13.8 Å². The van der Waals surface area contributed by atoms with E-state index in [1.165, 1.54) is 30.9 Å². The molecular weight excluding hydrogens is 154 g/mol.